The third kappa shape index (κ3) is 1.40. The van der Waals surface area contributed by atoms with Gasteiger partial charge in [-0.15, -0.1) is 5.10 Å². The van der Waals surface area contributed by atoms with Crippen molar-refractivity contribution < 1.29 is 4.74 Å². The van der Waals surface area contributed by atoms with E-state index < -0.39 is 0 Å². The molecule has 1 aliphatic heterocycles. The van der Waals surface area contributed by atoms with Crippen LogP contribution in [0.3, 0.4) is 0 Å². The first kappa shape index (κ1) is 9.47. The van der Waals surface area contributed by atoms with Crippen molar-refractivity contribution in [2.45, 2.75) is 25.7 Å². The monoisotopic (exact) mass is 216 g/mol. The summed E-state index contributed by atoms with van der Waals surface area (Å²) in [6, 6.07) is 10.2. The van der Waals surface area contributed by atoms with E-state index in [4.69, 9.17) is 4.74 Å². The lowest BCUT2D eigenvalue weighted by Crippen LogP contribution is -2.37. The van der Waals surface area contributed by atoms with Gasteiger partial charge in [-0.25, -0.2) is 4.68 Å². The SMILES string of the molecule is C[C@]1(c2ccccc2)Cn2nnnc2CO1. The predicted molar refractivity (Wildman–Crippen MR) is 56.4 cm³/mol. The second kappa shape index (κ2) is 3.38. The minimum Gasteiger partial charge on any atom is -0.361 e. The van der Waals surface area contributed by atoms with Crippen molar-refractivity contribution in [1.82, 2.24) is 20.2 Å². The molecule has 5 heteroatoms. The molecule has 82 valence electrons. The van der Waals surface area contributed by atoms with Crippen LogP contribution in [0, 0.1) is 0 Å². The summed E-state index contributed by atoms with van der Waals surface area (Å²) < 4.78 is 7.68. The maximum absolute atomic E-state index is 5.87. The number of hydrogen-bond acceptors (Lipinski definition) is 4. The molecule has 0 aliphatic carbocycles. The van der Waals surface area contributed by atoms with E-state index in [0.717, 1.165) is 11.4 Å². The number of hydrogen-bond donors (Lipinski definition) is 0. The Morgan fingerprint density at radius 2 is 2.12 bits per heavy atom. The summed E-state index contributed by atoms with van der Waals surface area (Å²) in [6.07, 6.45) is 0. The number of rotatable bonds is 1. The lowest BCUT2D eigenvalue weighted by atomic mass is 9.95. The number of benzene rings is 1. The molecular weight excluding hydrogens is 204 g/mol. The third-order valence-electron chi connectivity index (χ3n) is 2.96. The Balaban J connectivity index is 1.98. The van der Waals surface area contributed by atoms with Crippen molar-refractivity contribution in [1.29, 1.82) is 0 Å². The summed E-state index contributed by atoms with van der Waals surface area (Å²) in [7, 11) is 0. The van der Waals surface area contributed by atoms with Gasteiger partial charge in [0, 0.05) is 0 Å². The van der Waals surface area contributed by atoms with Gasteiger partial charge in [-0.05, 0) is 22.9 Å². The van der Waals surface area contributed by atoms with E-state index in [0.29, 0.717) is 13.2 Å². The zero-order chi connectivity index (χ0) is 11.0. The van der Waals surface area contributed by atoms with Crippen LogP contribution in [0.25, 0.3) is 0 Å². The molecule has 0 saturated heterocycles. The van der Waals surface area contributed by atoms with Gasteiger partial charge in [0.15, 0.2) is 5.82 Å². The van der Waals surface area contributed by atoms with E-state index in [1.54, 1.807) is 4.68 Å². The Morgan fingerprint density at radius 3 is 2.94 bits per heavy atom. The largest absolute Gasteiger partial charge is 0.361 e. The van der Waals surface area contributed by atoms with Gasteiger partial charge in [-0.1, -0.05) is 30.3 Å². The van der Waals surface area contributed by atoms with Crippen LogP contribution in [0.15, 0.2) is 30.3 Å². The topological polar surface area (TPSA) is 52.8 Å². The lowest BCUT2D eigenvalue weighted by molar-refractivity contribution is -0.0867. The van der Waals surface area contributed by atoms with Crippen LogP contribution in [-0.4, -0.2) is 20.2 Å². The molecule has 1 aromatic carbocycles. The zero-order valence-electron chi connectivity index (χ0n) is 9.00. The molecule has 0 amide bonds. The molecular formula is C11H12N4O. The predicted octanol–water partition coefficient (Wildman–Crippen LogP) is 1.12. The summed E-state index contributed by atoms with van der Waals surface area (Å²) in [5, 5.41) is 11.5. The Kier molecular flexibility index (Phi) is 2.00. The van der Waals surface area contributed by atoms with Crippen LogP contribution in [0.2, 0.25) is 0 Å². The average molecular weight is 216 g/mol. The maximum atomic E-state index is 5.87. The quantitative estimate of drug-likeness (QED) is 0.716. The van der Waals surface area contributed by atoms with E-state index in [-0.39, 0.29) is 5.60 Å². The first-order chi connectivity index (χ1) is 7.78. The number of ether oxygens (including phenoxy) is 1. The van der Waals surface area contributed by atoms with Gasteiger partial charge in [0.25, 0.3) is 0 Å². The molecule has 1 aromatic heterocycles. The fraction of sp³-hybridized carbons (Fsp3) is 0.364. The number of tetrazole rings is 1. The normalized spacial score (nSPS) is 24.1. The number of aromatic nitrogens is 4. The standard InChI is InChI=1S/C11H12N4O/c1-11(9-5-3-2-4-6-9)8-15-10(7-16-11)12-13-14-15/h2-6H,7-8H2,1H3/t11-/m1/s1. The van der Waals surface area contributed by atoms with Crippen molar-refractivity contribution in [3.63, 3.8) is 0 Å². The lowest BCUT2D eigenvalue weighted by Gasteiger charge is -2.33. The van der Waals surface area contributed by atoms with Crippen LogP contribution in [0.1, 0.15) is 18.3 Å². The molecule has 2 aromatic rings. The summed E-state index contributed by atoms with van der Waals surface area (Å²) >= 11 is 0. The van der Waals surface area contributed by atoms with Gasteiger partial charge in [0.1, 0.15) is 12.2 Å². The molecule has 0 saturated carbocycles. The van der Waals surface area contributed by atoms with Gasteiger partial charge in [-0.2, -0.15) is 0 Å². The molecule has 3 rings (SSSR count). The second-order valence-corrected chi connectivity index (χ2v) is 4.14. The molecule has 0 bridgehead atoms. The Morgan fingerprint density at radius 1 is 1.31 bits per heavy atom. The van der Waals surface area contributed by atoms with E-state index >= 15 is 0 Å². The van der Waals surface area contributed by atoms with Crippen LogP contribution >= 0.6 is 0 Å². The molecule has 0 unspecified atom stereocenters. The van der Waals surface area contributed by atoms with E-state index in [1.165, 1.54) is 0 Å². The highest BCUT2D eigenvalue weighted by molar-refractivity contribution is 5.22. The number of nitrogens with zero attached hydrogens (tertiary/aromatic N) is 4. The first-order valence-corrected chi connectivity index (χ1v) is 5.22. The van der Waals surface area contributed by atoms with E-state index in [1.807, 2.05) is 18.2 Å². The van der Waals surface area contributed by atoms with Crippen LogP contribution < -0.4 is 0 Å². The van der Waals surface area contributed by atoms with Crippen molar-refractivity contribution in [3.8, 4) is 0 Å². The molecule has 5 nitrogen and oxygen atoms in total. The van der Waals surface area contributed by atoms with Gasteiger partial charge in [0.05, 0.1) is 6.54 Å². The summed E-state index contributed by atoms with van der Waals surface area (Å²) in [5.74, 6) is 0.786. The Hall–Kier alpha value is -1.75. The summed E-state index contributed by atoms with van der Waals surface area (Å²) in [4.78, 5) is 0. The molecule has 2 heterocycles. The Labute approximate surface area is 93.0 Å². The van der Waals surface area contributed by atoms with Gasteiger partial charge in [0.2, 0.25) is 0 Å². The van der Waals surface area contributed by atoms with E-state index in [2.05, 4.69) is 34.6 Å². The van der Waals surface area contributed by atoms with Gasteiger partial charge in [-0.3, -0.25) is 0 Å². The molecule has 1 aliphatic rings. The van der Waals surface area contributed by atoms with Crippen molar-refractivity contribution >= 4 is 0 Å². The Bertz CT molecular complexity index is 496. The average Bonchev–Trinajstić information content (AvgIpc) is 2.77. The van der Waals surface area contributed by atoms with Crippen LogP contribution in [0.5, 0.6) is 0 Å². The van der Waals surface area contributed by atoms with E-state index in [9.17, 15) is 0 Å². The highest BCUT2D eigenvalue weighted by Crippen LogP contribution is 2.31. The van der Waals surface area contributed by atoms with Gasteiger partial charge >= 0.3 is 0 Å². The minimum atomic E-state index is -0.344. The zero-order valence-corrected chi connectivity index (χ0v) is 9.00. The fourth-order valence-corrected chi connectivity index (χ4v) is 1.97. The van der Waals surface area contributed by atoms with Crippen molar-refractivity contribution in [2.24, 2.45) is 0 Å². The smallest absolute Gasteiger partial charge is 0.177 e. The summed E-state index contributed by atoms with van der Waals surface area (Å²) in [5.41, 5.74) is 0.806. The molecule has 0 radical (unpaired) electrons. The highest BCUT2D eigenvalue weighted by Gasteiger charge is 2.34. The third-order valence-corrected chi connectivity index (χ3v) is 2.96. The fourth-order valence-electron chi connectivity index (χ4n) is 1.97. The molecule has 0 fully saturated rings. The van der Waals surface area contributed by atoms with Crippen LogP contribution in [0.4, 0.5) is 0 Å². The highest BCUT2D eigenvalue weighted by atomic mass is 16.5. The second-order valence-electron chi connectivity index (χ2n) is 4.14. The first-order valence-electron chi connectivity index (χ1n) is 5.22. The van der Waals surface area contributed by atoms with Crippen molar-refractivity contribution in [3.05, 3.63) is 41.7 Å². The summed E-state index contributed by atoms with van der Waals surface area (Å²) in [6.45, 7) is 3.17. The number of fused-ring (bicyclic) bond motifs is 1. The van der Waals surface area contributed by atoms with Gasteiger partial charge < -0.3 is 4.74 Å². The van der Waals surface area contributed by atoms with Crippen molar-refractivity contribution in [2.75, 3.05) is 0 Å². The van der Waals surface area contributed by atoms with Crippen LogP contribution in [-0.2, 0) is 23.5 Å². The minimum absolute atomic E-state index is 0.344. The maximum Gasteiger partial charge on any atom is 0.177 e. The molecule has 16 heavy (non-hydrogen) atoms. The molecule has 0 N–H and O–H groups in total. The molecule has 1 atom stereocenters. The molecule has 0 spiro atoms.